The molecule has 5 nitrogen and oxygen atoms in total. The third-order valence-corrected chi connectivity index (χ3v) is 2.83. The SMILES string of the molecule is NCCN(CCN)CCN1CCNCC1. The van der Waals surface area contributed by atoms with E-state index in [9.17, 15) is 0 Å². The van der Waals surface area contributed by atoms with Gasteiger partial charge in [-0.1, -0.05) is 0 Å². The van der Waals surface area contributed by atoms with E-state index in [4.69, 9.17) is 11.5 Å². The molecule has 1 aliphatic rings. The fraction of sp³-hybridized carbons (Fsp3) is 1.00. The molecule has 15 heavy (non-hydrogen) atoms. The van der Waals surface area contributed by atoms with Crippen molar-refractivity contribution in [2.75, 3.05) is 65.4 Å². The summed E-state index contributed by atoms with van der Waals surface area (Å²) in [6, 6.07) is 0. The number of hydrogen-bond donors (Lipinski definition) is 3. The average molecular weight is 215 g/mol. The number of hydrogen-bond acceptors (Lipinski definition) is 5. The number of nitrogens with one attached hydrogen (secondary N) is 1. The minimum absolute atomic E-state index is 0.724. The van der Waals surface area contributed by atoms with E-state index in [1.165, 1.54) is 13.1 Å². The van der Waals surface area contributed by atoms with Crippen LogP contribution in [0.25, 0.3) is 0 Å². The lowest BCUT2D eigenvalue weighted by Gasteiger charge is -2.30. The van der Waals surface area contributed by atoms with Crippen molar-refractivity contribution in [1.82, 2.24) is 15.1 Å². The second-order valence-corrected chi connectivity index (χ2v) is 4.01. The van der Waals surface area contributed by atoms with Crippen molar-refractivity contribution < 1.29 is 0 Å². The van der Waals surface area contributed by atoms with Crippen molar-refractivity contribution in [1.29, 1.82) is 0 Å². The Morgan fingerprint density at radius 2 is 1.60 bits per heavy atom. The van der Waals surface area contributed by atoms with Crippen LogP contribution in [0.15, 0.2) is 0 Å². The van der Waals surface area contributed by atoms with Crippen molar-refractivity contribution in [3.8, 4) is 0 Å². The summed E-state index contributed by atoms with van der Waals surface area (Å²) in [4.78, 5) is 4.85. The zero-order chi connectivity index (χ0) is 10.9. The summed E-state index contributed by atoms with van der Waals surface area (Å²) in [5.41, 5.74) is 11.1. The van der Waals surface area contributed by atoms with Gasteiger partial charge in [-0.25, -0.2) is 0 Å². The minimum Gasteiger partial charge on any atom is -0.329 e. The van der Waals surface area contributed by atoms with Crippen LogP contribution in [-0.2, 0) is 0 Å². The molecule has 0 unspecified atom stereocenters. The van der Waals surface area contributed by atoms with Crippen molar-refractivity contribution in [3.63, 3.8) is 0 Å². The molecule has 0 atom stereocenters. The minimum atomic E-state index is 0.724. The van der Waals surface area contributed by atoms with Gasteiger partial charge in [-0.05, 0) is 0 Å². The molecule has 0 aromatic carbocycles. The number of rotatable bonds is 7. The van der Waals surface area contributed by atoms with E-state index in [0.717, 1.165) is 52.4 Å². The molecular weight excluding hydrogens is 190 g/mol. The molecule has 5 heteroatoms. The summed E-state index contributed by atoms with van der Waals surface area (Å²) in [6.07, 6.45) is 0. The van der Waals surface area contributed by atoms with Crippen LogP contribution < -0.4 is 16.8 Å². The highest BCUT2D eigenvalue weighted by atomic mass is 15.2. The molecular formula is C10H25N5. The summed E-state index contributed by atoms with van der Waals surface area (Å²) in [7, 11) is 0. The Morgan fingerprint density at radius 1 is 1.00 bits per heavy atom. The van der Waals surface area contributed by atoms with Crippen molar-refractivity contribution in [2.24, 2.45) is 11.5 Å². The first-order chi connectivity index (χ1) is 7.36. The topological polar surface area (TPSA) is 70.5 Å². The van der Waals surface area contributed by atoms with Crippen LogP contribution in [0.3, 0.4) is 0 Å². The first kappa shape index (κ1) is 12.9. The lowest BCUT2D eigenvalue weighted by atomic mass is 10.3. The number of nitrogens with two attached hydrogens (primary N) is 2. The second kappa shape index (κ2) is 8.01. The van der Waals surface area contributed by atoms with Gasteiger partial charge in [0.2, 0.25) is 0 Å². The molecule has 1 heterocycles. The molecule has 90 valence electrons. The third-order valence-electron chi connectivity index (χ3n) is 2.83. The maximum absolute atomic E-state index is 5.56. The second-order valence-electron chi connectivity index (χ2n) is 4.01. The summed E-state index contributed by atoms with van der Waals surface area (Å²) >= 11 is 0. The highest BCUT2D eigenvalue weighted by Gasteiger charge is 2.10. The van der Waals surface area contributed by atoms with Gasteiger partial charge >= 0.3 is 0 Å². The molecule has 1 fully saturated rings. The molecule has 0 amide bonds. The predicted molar refractivity (Wildman–Crippen MR) is 63.9 cm³/mol. The van der Waals surface area contributed by atoms with Crippen molar-refractivity contribution in [3.05, 3.63) is 0 Å². The van der Waals surface area contributed by atoms with Gasteiger partial charge in [-0.15, -0.1) is 0 Å². The van der Waals surface area contributed by atoms with Crippen molar-refractivity contribution >= 4 is 0 Å². The van der Waals surface area contributed by atoms with Gasteiger partial charge in [0.15, 0.2) is 0 Å². The van der Waals surface area contributed by atoms with E-state index in [-0.39, 0.29) is 0 Å². The smallest absolute Gasteiger partial charge is 0.0110 e. The Kier molecular flexibility index (Phi) is 6.87. The van der Waals surface area contributed by atoms with E-state index in [1.54, 1.807) is 0 Å². The van der Waals surface area contributed by atoms with E-state index < -0.39 is 0 Å². The lowest BCUT2D eigenvalue weighted by molar-refractivity contribution is 0.193. The summed E-state index contributed by atoms with van der Waals surface area (Å²) in [6.45, 7) is 10.2. The van der Waals surface area contributed by atoms with E-state index >= 15 is 0 Å². The molecule has 0 aliphatic carbocycles. The third kappa shape index (κ3) is 5.44. The van der Waals surface area contributed by atoms with Crippen LogP contribution in [0.4, 0.5) is 0 Å². The largest absolute Gasteiger partial charge is 0.329 e. The summed E-state index contributed by atoms with van der Waals surface area (Å²) < 4.78 is 0. The van der Waals surface area contributed by atoms with Crippen LogP contribution in [0.5, 0.6) is 0 Å². The standard InChI is InChI=1S/C10H25N5/c11-1-5-14(6-2-12)9-10-15-7-3-13-4-8-15/h13H,1-12H2. The molecule has 1 rings (SSSR count). The molecule has 0 saturated carbocycles. The number of nitrogens with zero attached hydrogens (tertiary/aromatic N) is 2. The van der Waals surface area contributed by atoms with Gasteiger partial charge in [0, 0.05) is 65.4 Å². The first-order valence-electron chi connectivity index (χ1n) is 5.92. The highest BCUT2D eigenvalue weighted by molar-refractivity contribution is 4.69. The Balaban J connectivity index is 2.13. The maximum Gasteiger partial charge on any atom is 0.0110 e. The van der Waals surface area contributed by atoms with E-state index in [2.05, 4.69) is 15.1 Å². The lowest BCUT2D eigenvalue weighted by Crippen LogP contribution is -2.47. The fourth-order valence-electron chi connectivity index (χ4n) is 1.92. The first-order valence-corrected chi connectivity index (χ1v) is 5.92. The van der Waals surface area contributed by atoms with Crippen LogP contribution in [0, 0.1) is 0 Å². The average Bonchev–Trinajstić information content (AvgIpc) is 2.28. The van der Waals surface area contributed by atoms with Gasteiger partial charge in [-0.2, -0.15) is 0 Å². The Hall–Kier alpha value is -0.200. The Morgan fingerprint density at radius 3 is 2.13 bits per heavy atom. The fourth-order valence-corrected chi connectivity index (χ4v) is 1.92. The van der Waals surface area contributed by atoms with Crippen LogP contribution in [0.1, 0.15) is 0 Å². The van der Waals surface area contributed by atoms with Crippen LogP contribution in [-0.4, -0.2) is 75.2 Å². The van der Waals surface area contributed by atoms with Gasteiger partial charge in [0.1, 0.15) is 0 Å². The quantitative estimate of drug-likeness (QED) is 0.463. The Labute approximate surface area is 92.8 Å². The normalized spacial score (nSPS) is 18.6. The molecule has 0 bridgehead atoms. The van der Waals surface area contributed by atoms with Gasteiger partial charge in [0.05, 0.1) is 0 Å². The molecule has 1 saturated heterocycles. The van der Waals surface area contributed by atoms with Crippen molar-refractivity contribution in [2.45, 2.75) is 0 Å². The molecule has 1 aliphatic heterocycles. The van der Waals surface area contributed by atoms with E-state index in [0.29, 0.717) is 0 Å². The summed E-state index contributed by atoms with van der Waals surface area (Å²) in [5.74, 6) is 0. The predicted octanol–water partition coefficient (Wildman–Crippen LogP) is -1.89. The summed E-state index contributed by atoms with van der Waals surface area (Å²) in [5, 5.41) is 3.36. The zero-order valence-electron chi connectivity index (χ0n) is 9.62. The molecule has 0 aromatic rings. The van der Waals surface area contributed by atoms with Gasteiger partial charge in [0.25, 0.3) is 0 Å². The highest BCUT2D eigenvalue weighted by Crippen LogP contribution is 1.94. The zero-order valence-corrected chi connectivity index (χ0v) is 9.62. The monoisotopic (exact) mass is 215 g/mol. The molecule has 0 aromatic heterocycles. The maximum atomic E-state index is 5.56. The molecule has 0 spiro atoms. The van der Waals surface area contributed by atoms with Gasteiger partial charge < -0.3 is 16.8 Å². The van der Waals surface area contributed by atoms with Gasteiger partial charge in [-0.3, -0.25) is 9.80 Å². The van der Waals surface area contributed by atoms with Crippen LogP contribution >= 0.6 is 0 Å². The Bertz CT molecular complexity index is 141. The molecule has 5 N–H and O–H groups in total. The van der Waals surface area contributed by atoms with Crippen LogP contribution in [0.2, 0.25) is 0 Å². The number of piperazine rings is 1. The molecule has 0 radical (unpaired) electrons. The van der Waals surface area contributed by atoms with E-state index in [1.807, 2.05) is 0 Å².